The van der Waals surface area contributed by atoms with Crippen LogP contribution in [0.1, 0.15) is 12.8 Å². The minimum absolute atomic E-state index is 0.0255. The number of carbonyl (C=O) groups is 1. The molecule has 1 saturated heterocycles. The van der Waals surface area contributed by atoms with Gasteiger partial charge in [-0.25, -0.2) is 8.42 Å². The Hall–Kier alpha value is -0.700. The molecule has 8 heteroatoms. The van der Waals surface area contributed by atoms with Crippen LogP contribution in [-0.4, -0.2) is 63.8 Å². The van der Waals surface area contributed by atoms with Crippen molar-refractivity contribution in [3.05, 3.63) is 0 Å². The molecule has 0 aromatic rings. The zero-order chi connectivity index (χ0) is 13.6. The van der Waals surface area contributed by atoms with E-state index in [-0.39, 0.29) is 24.8 Å². The quantitative estimate of drug-likeness (QED) is 0.576. The summed E-state index contributed by atoms with van der Waals surface area (Å²) >= 11 is 0. The second-order valence-corrected chi connectivity index (χ2v) is 6.17. The summed E-state index contributed by atoms with van der Waals surface area (Å²) in [7, 11) is -1.94. The van der Waals surface area contributed by atoms with Gasteiger partial charge in [0.1, 0.15) is 6.04 Å². The number of sulfonamides is 1. The average molecular weight is 279 g/mol. The first-order valence-corrected chi connectivity index (χ1v) is 7.62. The molecule has 1 aliphatic rings. The number of likely N-dealkylation sites (N-methyl/N-ethyl adjacent to an activating group) is 1. The minimum Gasteiger partial charge on any atom is -0.378 e. The van der Waals surface area contributed by atoms with Gasteiger partial charge in [-0.3, -0.25) is 4.79 Å². The summed E-state index contributed by atoms with van der Waals surface area (Å²) in [5.41, 5.74) is 5.34. The molecule has 0 aromatic carbocycles. The molecule has 1 heterocycles. The van der Waals surface area contributed by atoms with Crippen LogP contribution in [-0.2, 0) is 19.6 Å². The summed E-state index contributed by atoms with van der Waals surface area (Å²) in [6.45, 7) is 1.12. The number of nitrogens with zero attached hydrogens (tertiary/aromatic N) is 1. The van der Waals surface area contributed by atoms with Crippen LogP contribution in [0.4, 0.5) is 0 Å². The highest BCUT2D eigenvalue weighted by Gasteiger charge is 2.36. The van der Waals surface area contributed by atoms with E-state index in [2.05, 4.69) is 5.32 Å². The number of nitrogens with two attached hydrogens (primary N) is 1. The highest BCUT2D eigenvalue weighted by Crippen LogP contribution is 2.14. The van der Waals surface area contributed by atoms with E-state index in [9.17, 15) is 13.2 Å². The number of rotatable bonds is 6. The lowest BCUT2D eigenvalue weighted by molar-refractivity contribution is -0.128. The first kappa shape index (κ1) is 15.4. The van der Waals surface area contributed by atoms with Gasteiger partial charge in [-0.1, -0.05) is 0 Å². The number of hydrogen-bond donors (Lipinski definition) is 2. The fraction of sp³-hybridized carbons (Fsp3) is 0.900. The van der Waals surface area contributed by atoms with Gasteiger partial charge in [0.2, 0.25) is 15.9 Å². The third kappa shape index (κ3) is 3.91. The van der Waals surface area contributed by atoms with Crippen molar-refractivity contribution >= 4 is 15.9 Å². The predicted molar refractivity (Wildman–Crippen MR) is 67.5 cm³/mol. The van der Waals surface area contributed by atoms with E-state index >= 15 is 0 Å². The maximum Gasteiger partial charge on any atom is 0.240 e. The molecule has 1 atom stereocenters. The van der Waals surface area contributed by atoms with E-state index in [0.29, 0.717) is 26.0 Å². The number of carbonyl (C=O) groups excluding carboxylic acids is 1. The van der Waals surface area contributed by atoms with E-state index in [1.54, 1.807) is 0 Å². The zero-order valence-corrected chi connectivity index (χ0v) is 11.4. The van der Waals surface area contributed by atoms with Crippen molar-refractivity contribution in [1.29, 1.82) is 0 Å². The zero-order valence-electron chi connectivity index (χ0n) is 10.6. The van der Waals surface area contributed by atoms with Crippen molar-refractivity contribution in [2.24, 2.45) is 5.73 Å². The van der Waals surface area contributed by atoms with Crippen molar-refractivity contribution in [2.45, 2.75) is 18.9 Å². The SMILES string of the molecule is CNC(=O)C1COCCN1S(=O)(=O)CCCCN. The number of amides is 1. The van der Waals surface area contributed by atoms with E-state index in [1.807, 2.05) is 0 Å². The highest BCUT2D eigenvalue weighted by molar-refractivity contribution is 7.89. The number of hydrogen-bond acceptors (Lipinski definition) is 5. The molecule has 3 N–H and O–H groups in total. The fourth-order valence-corrected chi connectivity index (χ4v) is 3.54. The van der Waals surface area contributed by atoms with Gasteiger partial charge in [0.25, 0.3) is 0 Å². The van der Waals surface area contributed by atoms with Crippen LogP contribution in [0, 0.1) is 0 Å². The van der Waals surface area contributed by atoms with Crippen molar-refractivity contribution in [3.8, 4) is 0 Å². The Kier molecular flexibility index (Phi) is 6.00. The molecular weight excluding hydrogens is 258 g/mol. The van der Waals surface area contributed by atoms with Gasteiger partial charge < -0.3 is 15.8 Å². The van der Waals surface area contributed by atoms with Gasteiger partial charge in [0.05, 0.1) is 19.0 Å². The molecule has 0 aromatic heterocycles. The first-order chi connectivity index (χ1) is 8.53. The van der Waals surface area contributed by atoms with Crippen molar-refractivity contribution in [2.75, 3.05) is 39.1 Å². The van der Waals surface area contributed by atoms with Crippen LogP contribution in [0.2, 0.25) is 0 Å². The second kappa shape index (κ2) is 7.03. The Labute approximate surface area is 108 Å². The largest absolute Gasteiger partial charge is 0.378 e. The Balaban J connectivity index is 2.73. The number of morpholine rings is 1. The molecular formula is C10H21N3O4S. The van der Waals surface area contributed by atoms with Crippen LogP contribution in [0.3, 0.4) is 0 Å². The molecule has 18 heavy (non-hydrogen) atoms. The number of unbranched alkanes of at least 4 members (excludes halogenated alkanes) is 1. The Bertz CT molecular complexity index is 371. The van der Waals surface area contributed by atoms with E-state index in [0.717, 1.165) is 0 Å². The van der Waals surface area contributed by atoms with Crippen LogP contribution >= 0.6 is 0 Å². The lowest BCUT2D eigenvalue weighted by Gasteiger charge is -2.33. The van der Waals surface area contributed by atoms with E-state index in [4.69, 9.17) is 10.5 Å². The summed E-state index contributed by atoms with van der Waals surface area (Å²) in [6.07, 6.45) is 1.17. The molecule has 1 unspecified atom stereocenters. The Morgan fingerprint density at radius 2 is 2.22 bits per heavy atom. The third-order valence-corrected chi connectivity index (χ3v) is 4.80. The number of ether oxygens (including phenoxy) is 1. The second-order valence-electron chi connectivity index (χ2n) is 4.13. The smallest absolute Gasteiger partial charge is 0.240 e. The summed E-state index contributed by atoms with van der Waals surface area (Å²) in [5, 5.41) is 2.46. The normalized spacial score (nSPS) is 21.8. The Morgan fingerprint density at radius 3 is 2.83 bits per heavy atom. The van der Waals surface area contributed by atoms with Gasteiger partial charge >= 0.3 is 0 Å². The van der Waals surface area contributed by atoms with Crippen molar-refractivity contribution in [1.82, 2.24) is 9.62 Å². The lowest BCUT2D eigenvalue weighted by atomic mass is 10.2. The summed E-state index contributed by atoms with van der Waals surface area (Å²) in [4.78, 5) is 11.6. The topological polar surface area (TPSA) is 102 Å². The van der Waals surface area contributed by atoms with Gasteiger partial charge in [0.15, 0.2) is 0 Å². The molecule has 1 aliphatic heterocycles. The molecule has 1 rings (SSSR count). The van der Waals surface area contributed by atoms with Gasteiger partial charge in [-0.05, 0) is 19.4 Å². The van der Waals surface area contributed by atoms with Crippen LogP contribution in [0.5, 0.6) is 0 Å². The molecule has 7 nitrogen and oxygen atoms in total. The van der Waals surface area contributed by atoms with Gasteiger partial charge in [0, 0.05) is 13.6 Å². The Morgan fingerprint density at radius 1 is 1.50 bits per heavy atom. The van der Waals surface area contributed by atoms with E-state index < -0.39 is 16.1 Å². The minimum atomic E-state index is -3.42. The fourth-order valence-electron chi connectivity index (χ4n) is 1.84. The molecule has 0 aliphatic carbocycles. The standard InChI is InChI=1S/C10H21N3O4S/c1-12-10(14)9-8-17-6-5-13(9)18(15,16)7-3-2-4-11/h9H,2-8,11H2,1H3,(H,12,14). The monoisotopic (exact) mass is 279 g/mol. The third-order valence-electron chi connectivity index (χ3n) is 2.84. The molecule has 0 saturated carbocycles. The van der Waals surface area contributed by atoms with Crippen LogP contribution < -0.4 is 11.1 Å². The molecule has 0 radical (unpaired) electrons. The maximum atomic E-state index is 12.1. The highest BCUT2D eigenvalue weighted by atomic mass is 32.2. The summed E-state index contributed by atoms with van der Waals surface area (Å²) in [5.74, 6) is -0.311. The summed E-state index contributed by atoms with van der Waals surface area (Å²) in [6, 6.07) is -0.758. The maximum absolute atomic E-state index is 12.1. The molecule has 1 fully saturated rings. The molecule has 1 amide bonds. The molecule has 0 bridgehead atoms. The average Bonchev–Trinajstić information content (AvgIpc) is 2.38. The molecule has 106 valence electrons. The lowest BCUT2D eigenvalue weighted by Crippen LogP contribution is -2.55. The molecule has 0 spiro atoms. The predicted octanol–water partition coefficient (Wildman–Crippen LogP) is -1.50. The van der Waals surface area contributed by atoms with Crippen LogP contribution in [0.15, 0.2) is 0 Å². The van der Waals surface area contributed by atoms with Crippen LogP contribution in [0.25, 0.3) is 0 Å². The van der Waals surface area contributed by atoms with Crippen molar-refractivity contribution in [3.63, 3.8) is 0 Å². The summed E-state index contributed by atoms with van der Waals surface area (Å²) < 4.78 is 30.7. The van der Waals surface area contributed by atoms with Crippen molar-refractivity contribution < 1.29 is 17.9 Å². The van der Waals surface area contributed by atoms with E-state index in [1.165, 1.54) is 11.4 Å². The van der Waals surface area contributed by atoms with Gasteiger partial charge in [-0.15, -0.1) is 0 Å². The first-order valence-electron chi connectivity index (χ1n) is 6.02. The van der Waals surface area contributed by atoms with Gasteiger partial charge in [-0.2, -0.15) is 4.31 Å². The number of nitrogens with one attached hydrogen (secondary N) is 1.